The monoisotopic (exact) mass is 320 g/mol. The van der Waals surface area contributed by atoms with Crippen LogP contribution in [0.2, 0.25) is 0 Å². The summed E-state index contributed by atoms with van der Waals surface area (Å²) in [6.07, 6.45) is 1.94. The van der Waals surface area contributed by atoms with Crippen LogP contribution in [0.3, 0.4) is 0 Å². The van der Waals surface area contributed by atoms with Gasteiger partial charge in [0.25, 0.3) is 0 Å². The highest BCUT2D eigenvalue weighted by Gasteiger charge is 2.20. The van der Waals surface area contributed by atoms with Crippen LogP contribution in [0.1, 0.15) is 43.9 Å². The van der Waals surface area contributed by atoms with E-state index >= 15 is 0 Å². The van der Waals surface area contributed by atoms with Gasteiger partial charge in [-0.15, -0.1) is 0 Å². The molecule has 0 bridgehead atoms. The Kier molecular flexibility index (Phi) is 4.79. The van der Waals surface area contributed by atoms with E-state index in [1.165, 1.54) is 11.1 Å². The van der Waals surface area contributed by atoms with Crippen LogP contribution >= 0.6 is 0 Å². The van der Waals surface area contributed by atoms with Crippen molar-refractivity contribution in [2.75, 3.05) is 6.54 Å². The summed E-state index contributed by atoms with van der Waals surface area (Å²) >= 11 is 0. The summed E-state index contributed by atoms with van der Waals surface area (Å²) < 4.78 is 0. The third-order valence-electron chi connectivity index (χ3n) is 3.89. The minimum atomic E-state index is -0.292. The fourth-order valence-corrected chi connectivity index (χ4v) is 2.72. The van der Waals surface area contributed by atoms with Crippen LogP contribution in [0.4, 0.5) is 0 Å². The van der Waals surface area contributed by atoms with Crippen molar-refractivity contribution in [1.29, 1.82) is 0 Å². The van der Waals surface area contributed by atoms with Gasteiger partial charge in [-0.3, -0.25) is 4.99 Å². The predicted molar refractivity (Wildman–Crippen MR) is 100.0 cm³/mol. The van der Waals surface area contributed by atoms with E-state index in [1.807, 2.05) is 26.8 Å². The Hall–Kier alpha value is -2.42. The van der Waals surface area contributed by atoms with Crippen molar-refractivity contribution in [2.45, 2.75) is 39.2 Å². The molecule has 24 heavy (non-hydrogen) atoms. The van der Waals surface area contributed by atoms with Gasteiger partial charge in [-0.2, -0.15) is 0 Å². The molecule has 0 amide bonds. The number of hydrogen-bond acceptors (Lipinski definition) is 3. The zero-order valence-corrected chi connectivity index (χ0v) is 14.6. The summed E-state index contributed by atoms with van der Waals surface area (Å²) in [5, 5.41) is 4.36. The second-order valence-corrected chi connectivity index (χ2v) is 7.04. The molecule has 124 valence electrons. The third-order valence-corrected chi connectivity index (χ3v) is 3.89. The number of aliphatic imine (C=N–C) groups is 1. The highest BCUT2D eigenvalue weighted by Crippen LogP contribution is 2.20. The van der Waals surface area contributed by atoms with Crippen LogP contribution in [0.25, 0.3) is 0 Å². The van der Waals surface area contributed by atoms with Crippen LogP contribution in [-0.4, -0.2) is 23.6 Å². The summed E-state index contributed by atoms with van der Waals surface area (Å²) in [6.45, 7) is 6.58. The van der Waals surface area contributed by atoms with Crippen molar-refractivity contribution >= 4 is 11.4 Å². The smallest absolute Gasteiger partial charge is 0.129 e. The minimum absolute atomic E-state index is 0.292. The number of nitrogens with zero attached hydrogens (tertiary/aromatic N) is 2. The molecule has 0 radical (unpaired) electrons. The molecule has 0 fully saturated rings. The molecule has 1 aliphatic heterocycles. The van der Waals surface area contributed by atoms with Gasteiger partial charge in [0.2, 0.25) is 0 Å². The van der Waals surface area contributed by atoms with Crippen LogP contribution < -0.4 is 0 Å². The molecule has 0 saturated heterocycles. The fraction of sp³-hybridized carbons (Fsp3) is 0.333. The maximum absolute atomic E-state index is 5.61. The van der Waals surface area contributed by atoms with Crippen molar-refractivity contribution in [3.05, 3.63) is 71.3 Å². The summed E-state index contributed by atoms with van der Waals surface area (Å²) in [7, 11) is 0. The molecule has 3 nitrogen and oxygen atoms in total. The summed E-state index contributed by atoms with van der Waals surface area (Å²) in [6, 6.07) is 18.9. The number of fused-ring (bicyclic) bond motifs is 1. The Balaban J connectivity index is 1.80. The van der Waals surface area contributed by atoms with Crippen molar-refractivity contribution in [1.82, 2.24) is 0 Å². The van der Waals surface area contributed by atoms with Gasteiger partial charge < -0.3 is 4.84 Å². The lowest BCUT2D eigenvalue weighted by Gasteiger charge is -2.21. The van der Waals surface area contributed by atoms with Gasteiger partial charge in [0.1, 0.15) is 11.3 Å². The Morgan fingerprint density at radius 2 is 1.58 bits per heavy atom. The molecule has 1 aliphatic rings. The zero-order valence-electron chi connectivity index (χ0n) is 14.6. The average molecular weight is 320 g/mol. The predicted octanol–water partition coefficient (Wildman–Crippen LogP) is 4.64. The van der Waals surface area contributed by atoms with Gasteiger partial charge in [0, 0.05) is 16.8 Å². The van der Waals surface area contributed by atoms with Gasteiger partial charge in [0.05, 0.1) is 6.54 Å². The lowest BCUT2D eigenvalue weighted by Crippen LogP contribution is -2.23. The lowest BCUT2D eigenvalue weighted by molar-refractivity contribution is 0.000859. The quantitative estimate of drug-likeness (QED) is 0.756. The van der Waals surface area contributed by atoms with E-state index in [0.29, 0.717) is 6.54 Å². The first-order chi connectivity index (χ1) is 11.5. The first kappa shape index (κ1) is 16.4. The minimum Gasteiger partial charge on any atom is -0.390 e. The van der Waals surface area contributed by atoms with E-state index in [-0.39, 0.29) is 5.60 Å². The first-order valence-electron chi connectivity index (χ1n) is 8.45. The molecule has 0 spiro atoms. The maximum atomic E-state index is 5.61. The van der Waals surface area contributed by atoms with Crippen LogP contribution in [0.5, 0.6) is 0 Å². The van der Waals surface area contributed by atoms with Crippen molar-refractivity contribution < 1.29 is 4.84 Å². The highest BCUT2D eigenvalue weighted by molar-refractivity contribution is 6.16. The van der Waals surface area contributed by atoms with E-state index in [0.717, 1.165) is 29.8 Å². The Morgan fingerprint density at radius 3 is 2.29 bits per heavy atom. The highest BCUT2D eigenvalue weighted by atomic mass is 16.6. The first-order valence-corrected chi connectivity index (χ1v) is 8.45. The molecule has 0 atom stereocenters. The van der Waals surface area contributed by atoms with E-state index in [9.17, 15) is 0 Å². The molecule has 0 saturated carbocycles. The fourth-order valence-electron chi connectivity index (χ4n) is 2.72. The standard InChI is InChI=1S/C21H24N2O/c1-21(2,3)24-23-20-15-22-19(17-11-7-8-12-18(17)20)14-13-16-9-5-4-6-10-16/h4-12H,13-15H2,1-3H3. The number of oxime groups is 1. The third kappa shape index (κ3) is 4.10. The molecule has 0 aromatic heterocycles. The zero-order chi connectivity index (χ0) is 17.0. The molecular formula is C21H24N2O. The van der Waals surface area contributed by atoms with E-state index in [1.54, 1.807) is 0 Å². The Morgan fingerprint density at radius 1 is 0.917 bits per heavy atom. The molecule has 3 rings (SSSR count). The largest absolute Gasteiger partial charge is 0.390 e. The van der Waals surface area contributed by atoms with Crippen molar-refractivity contribution in [3.63, 3.8) is 0 Å². The summed E-state index contributed by atoms with van der Waals surface area (Å²) in [5.74, 6) is 0. The molecule has 0 N–H and O–H groups in total. The SMILES string of the molecule is CC(C)(C)ON=C1CN=C(CCc2ccccc2)c2ccccc21. The molecule has 1 heterocycles. The van der Waals surface area contributed by atoms with E-state index < -0.39 is 0 Å². The van der Waals surface area contributed by atoms with Crippen molar-refractivity contribution in [3.8, 4) is 0 Å². The van der Waals surface area contributed by atoms with E-state index in [4.69, 9.17) is 9.83 Å². The Bertz CT molecular complexity index is 755. The van der Waals surface area contributed by atoms with Gasteiger partial charge in [0.15, 0.2) is 0 Å². The Labute approximate surface area is 144 Å². The number of benzene rings is 2. The number of aryl methyl sites for hydroxylation is 1. The van der Waals surface area contributed by atoms with E-state index in [2.05, 4.69) is 53.7 Å². The van der Waals surface area contributed by atoms with Crippen LogP contribution in [0, 0.1) is 0 Å². The molecule has 2 aromatic carbocycles. The summed E-state index contributed by atoms with van der Waals surface area (Å²) in [4.78, 5) is 10.4. The van der Waals surface area contributed by atoms with Gasteiger partial charge in [-0.25, -0.2) is 0 Å². The van der Waals surface area contributed by atoms with Crippen LogP contribution in [-0.2, 0) is 11.3 Å². The topological polar surface area (TPSA) is 34.0 Å². The molecule has 3 heteroatoms. The van der Waals surface area contributed by atoms with Crippen LogP contribution in [0.15, 0.2) is 64.7 Å². The lowest BCUT2D eigenvalue weighted by atomic mass is 9.93. The van der Waals surface area contributed by atoms with Gasteiger partial charge >= 0.3 is 0 Å². The number of hydrogen-bond donors (Lipinski definition) is 0. The van der Waals surface area contributed by atoms with Gasteiger partial charge in [-0.05, 0) is 39.2 Å². The van der Waals surface area contributed by atoms with Gasteiger partial charge in [-0.1, -0.05) is 59.8 Å². The molecule has 0 aliphatic carbocycles. The van der Waals surface area contributed by atoms with Crippen molar-refractivity contribution in [2.24, 2.45) is 10.1 Å². The average Bonchev–Trinajstić information content (AvgIpc) is 2.58. The second kappa shape index (κ2) is 7.00. The maximum Gasteiger partial charge on any atom is 0.129 e. The second-order valence-electron chi connectivity index (χ2n) is 7.04. The summed E-state index contributed by atoms with van der Waals surface area (Å²) in [5.41, 5.74) is 5.43. The molecule has 2 aromatic rings. The molecule has 0 unspecified atom stereocenters. The molecular weight excluding hydrogens is 296 g/mol. The number of rotatable bonds is 4. The normalized spacial score (nSPS) is 15.8.